The van der Waals surface area contributed by atoms with Crippen molar-refractivity contribution in [2.24, 2.45) is 17.0 Å². The van der Waals surface area contributed by atoms with Crippen LogP contribution >= 0.6 is 0 Å². The molecule has 5 N–H and O–H groups in total. The van der Waals surface area contributed by atoms with Crippen LogP contribution in [0.15, 0.2) is 5.29 Å². The van der Waals surface area contributed by atoms with Gasteiger partial charge in [-0.3, -0.25) is 0 Å². The molecule has 0 aromatic rings. The number of nitrogens with one attached hydrogen (secondary N) is 1. The second-order valence-corrected chi connectivity index (χ2v) is 2.31. The molecule has 0 aliphatic heterocycles. The van der Waals surface area contributed by atoms with Crippen molar-refractivity contribution in [2.45, 2.75) is 19.9 Å². The van der Waals surface area contributed by atoms with Crippen LogP contribution in [-0.4, -0.2) is 10.9 Å². The average Bonchev–Trinajstić information content (AvgIpc) is 1.86. The average molecular weight is 166 g/mol. The SMILES string of the molecule is CC(C)[N+](N)(N)O[NH+]([O-])N=O. The van der Waals surface area contributed by atoms with Crippen LogP contribution in [0.2, 0.25) is 0 Å². The van der Waals surface area contributed by atoms with E-state index in [0.29, 0.717) is 0 Å². The van der Waals surface area contributed by atoms with Crippen molar-refractivity contribution in [3.63, 3.8) is 0 Å². The molecule has 66 valence electrons. The molecule has 0 bridgehead atoms. The van der Waals surface area contributed by atoms with Crippen LogP contribution in [0.3, 0.4) is 0 Å². The quantitative estimate of drug-likeness (QED) is 0.191. The van der Waals surface area contributed by atoms with Crippen molar-refractivity contribution in [3.8, 4) is 0 Å². The Morgan fingerprint density at radius 1 is 1.64 bits per heavy atom. The third-order valence-corrected chi connectivity index (χ3v) is 1.12. The second-order valence-electron chi connectivity index (χ2n) is 2.31. The zero-order valence-electron chi connectivity index (χ0n) is 6.35. The maximum Gasteiger partial charge on any atom is 0.194 e. The van der Waals surface area contributed by atoms with Crippen molar-refractivity contribution < 1.29 is 15.1 Å². The highest BCUT2D eigenvalue weighted by molar-refractivity contribution is 4.26. The van der Waals surface area contributed by atoms with Crippen molar-refractivity contribution in [1.82, 2.24) is 0 Å². The molecule has 0 rings (SSSR count). The highest BCUT2D eigenvalue weighted by Crippen LogP contribution is 1.94. The third kappa shape index (κ3) is 3.32. The second kappa shape index (κ2) is 3.67. The van der Waals surface area contributed by atoms with Gasteiger partial charge in [0.05, 0.1) is 4.94 Å². The summed E-state index contributed by atoms with van der Waals surface area (Å²) in [5.41, 5.74) is 0. The standard InChI is InChI=1S/C3H12N5O3/c1-3(2)8(4,5)11-7(10)6-9/h3,7H,4-5H2,1-2H3/q+1. The molecule has 0 heterocycles. The Morgan fingerprint density at radius 2 is 2.09 bits per heavy atom. The van der Waals surface area contributed by atoms with Gasteiger partial charge in [0, 0.05) is 4.86 Å². The minimum atomic E-state index is -1.33. The predicted octanol–water partition coefficient (Wildman–Crippen LogP) is -2.13. The van der Waals surface area contributed by atoms with E-state index in [1.54, 1.807) is 13.8 Å². The Labute approximate surface area is 63.3 Å². The lowest BCUT2D eigenvalue weighted by atomic mass is 10.4. The molecule has 0 aromatic heterocycles. The van der Waals surface area contributed by atoms with Gasteiger partial charge in [-0.2, -0.15) is 0 Å². The maximum atomic E-state index is 10.3. The van der Waals surface area contributed by atoms with Crippen LogP contribution in [0, 0.1) is 10.1 Å². The molecule has 0 spiro atoms. The Bertz CT molecular complexity index is 137. The molecule has 0 saturated heterocycles. The van der Waals surface area contributed by atoms with E-state index in [2.05, 4.69) is 4.94 Å². The number of hydrogen-bond acceptors (Lipinski definition) is 6. The minimum absolute atomic E-state index is 0.347. The first-order valence-corrected chi connectivity index (χ1v) is 2.93. The number of hydrogen-bond donors (Lipinski definition) is 3. The van der Waals surface area contributed by atoms with Gasteiger partial charge < -0.3 is 5.21 Å². The molecule has 0 amide bonds. The molecule has 0 aliphatic rings. The number of hydroxylamine groups is 1. The predicted molar refractivity (Wildman–Crippen MR) is 35.0 cm³/mol. The Kier molecular flexibility index (Phi) is 3.45. The maximum absolute atomic E-state index is 10.3. The van der Waals surface area contributed by atoms with Gasteiger partial charge in [-0.1, -0.05) is 4.91 Å². The summed E-state index contributed by atoms with van der Waals surface area (Å²) in [7, 11) is 0. The first-order chi connectivity index (χ1) is 4.90. The fourth-order valence-corrected chi connectivity index (χ4v) is 0.257. The van der Waals surface area contributed by atoms with Gasteiger partial charge in [-0.05, 0) is 19.2 Å². The normalized spacial score (nSPS) is 15.1. The van der Waals surface area contributed by atoms with Crippen molar-refractivity contribution in [3.05, 3.63) is 10.1 Å². The molecule has 8 nitrogen and oxygen atoms in total. The van der Waals surface area contributed by atoms with Crippen LogP contribution in [0.5, 0.6) is 0 Å². The molecular weight excluding hydrogens is 154 g/mol. The molecule has 1 atom stereocenters. The first-order valence-electron chi connectivity index (χ1n) is 2.93. The van der Waals surface area contributed by atoms with Crippen LogP contribution in [0.1, 0.15) is 13.8 Å². The number of nitrogens with two attached hydrogens (primary N) is 2. The largest absolute Gasteiger partial charge is 0.565 e. The summed E-state index contributed by atoms with van der Waals surface area (Å²) < 4.78 is 0. The van der Waals surface area contributed by atoms with E-state index in [1.165, 1.54) is 0 Å². The minimum Gasteiger partial charge on any atom is -0.565 e. The molecular formula is C3H12N5O3+. The molecule has 1 unspecified atom stereocenters. The topological polar surface area (TPSA) is 118 Å². The van der Waals surface area contributed by atoms with E-state index in [4.69, 9.17) is 11.7 Å². The lowest BCUT2D eigenvalue weighted by Crippen LogP contribution is -3.05. The molecule has 0 radical (unpaired) electrons. The van der Waals surface area contributed by atoms with Crippen LogP contribution in [0.25, 0.3) is 0 Å². The number of nitroso groups, excluding NO2 is 1. The van der Waals surface area contributed by atoms with Gasteiger partial charge in [0.1, 0.15) is 0 Å². The fourth-order valence-electron chi connectivity index (χ4n) is 0.257. The van der Waals surface area contributed by atoms with Crippen LogP contribution in [-0.2, 0) is 4.94 Å². The van der Waals surface area contributed by atoms with E-state index < -0.39 is 10.2 Å². The summed E-state index contributed by atoms with van der Waals surface area (Å²) in [4.78, 5) is 12.8. The fraction of sp³-hybridized carbons (Fsp3) is 1.00. The van der Waals surface area contributed by atoms with Gasteiger partial charge in [-0.25, -0.2) is 0 Å². The summed E-state index contributed by atoms with van der Waals surface area (Å²) in [5, 5.41) is 10.9. The Morgan fingerprint density at radius 3 is 2.36 bits per heavy atom. The molecule has 8 heteroatoms. The summed E-state index contributed by atoms with van der Waals surface area (Å²) in [6.07, 6.45) is 0. The number of rotatable bonds is 4. The lowest BCUT2D eigenvalue weighted by Gasteiger charge is -2.25. The summed E-state index contributed by atoms with van der Waals surface area (Å²) in [5.74, 6) is 10.4. The van der Waals surface area contributed by atoms with Crippen LogP contribution < -0.4 is 17.0 Å². The van der Waals surface area contributed by atoms with Crippen molar-refractivity contribution >= 4 is 0 Å². The monoisotopic (exact) mass is 166 g/mol. The summed E-state index contributed by atoms with van der Waals surface area (Å²) in [6, 6.07) is -0.347. The smallest absolute Gasteiger partial charge is 0.194 e. The molecule has 0 saturated carbocycles. The van der Waals surface area contributed by atoms with Gasteiger partial charge in [0.2, 0.25) is 0 Å². The molecule has 0 aromatic carbocycles. The molecule has 0 aliphatic carbocycles. The first kappa shape index (κ1) is 10.4. The summed E-state index contributed by atoms with van der Waals surface area (Å²) in [6.45, 7) is 3.25. The molecule has 0 fully saturated rings. The van der Waals surface area contributed by atoms with E-state index in [0.717, 1.165) is 0 Å². The van der Waals surface area contributed by atoms with Gasteiger partial charge in [0.15, 0.2) is 11.3 Å². The van der Waals surface area contributed by atoms with Crippen molar-refractivity contribution in [1.29, 1.82) is 0 Å². The van der Waals surface area contributed by atoms with E-state index >= 15 is 0 Å². The van der Waals surface area contributed by atoms with Gasteiger partial charge >= 0.3 is 0 Å². The van der Waals surface area contributed by atoms with E-state index in [9.17, 15) is 10.1 Å². The Hall–Kier alpha value is -0.640. The van der Waals surface area contributed by atoms with Crippen molar-refractivity contribution in [2.75, 3.05) is 0 Å². The third-order valence-electron chi connectivity index (χ3n) is 1.12. The van der Waals surface area contributed by atoms with E-state index in [-0.39, 0.29) is 6.04 Å². The number of nitrogens with zero attached hydrogens (tertiary/aromatic N) is 2. The summed E-state index contributed by atoms with van der Waals surface area (Å²) >= 11 is 0. The Balaban J connectivity index is 4.00. The number of quaternary nitrogens is 2. The highest BCUT2D eigenvalue weighted by Gasteiger charge is 2.30. The zero-order chi connectivity index (χ0) is 9.07. The lowest BCUT2D eigenvalue weighted by molar-refractivity contribution is -1.35. The van der Waals surface area contributed by atoms with Crippen LogP contribution in [0.4, 0.5) is 0 Å². The van der Waals surface area contributed by atoms with Gasteiger partial charge in [0.25, 0.3) is 0 Å². The highest BCUT2D eigenvalue weighted by atomic mass is 17.1. The molecule has 11 heavy (non-hydrogen) atoms. The zero-order valence-corrected chi connectivity index (χ0v) is 6.35. The van der Waals surface area contributed by atoms with Gasteiger partial charge in [-0.15, -0.1) is 11.7 Å². The van der Waals surface area contributed by atoms with E-state index in [1.807, 2.05) is 5.29 Å².